The largest absolute Gasteiger partial charge is 0.268 e. The van der Waals surface area contributed by atoms with Gasteiger partial charge in [0, 0.05) is 11.8 Å². The third kappa shape index (κ3) is 4.39. The first-order valence-corrected chi connectivity index (χ1v) is 9.70. The van der Waals surface area contributed by atoms with E-state index in [0.717, 1.165) is 47.5 Å². The van der Waals surface area contributed by atoms with Crippen LogP contribution in [0.25, 0.3) is 17.2 Å². The van der Waals surface area contributed by atoms with Crippen LogP contribution >= 0.6 is 0 Å². The summed E-state index contributed by atoms with van der Waals surface area (Å²) in [5.74, 6) is 0. The van der Waals surface area contributed by atoms with Crippen molar-refractivity contribution in [2.75, 3.05) is 0 Å². The van der Waals surface area contributed by atoms with E-state index in [1.165, 1.54) is 11.1 Å². The number of allylic oxidation sites excluding steroid dienone is 2. The highest BCUT2D eigenvalue weighted by Gasteiger charge is 2.10. The molecule has 0 amide bonds. The standard InChI is InChI=1S/C24H28N4/c1-6-18(4)24-13-23(8-3)28(26-24)15-19(5)22-14-25-27(17-22)16-21-11-9-20(7-2)10-12-21/h8-14,17H,3-7,15-16H2,1-2H3. The lowest BCUT2D eigenvalue weighted by Crippen LogP contribution is -2.04. The van der Waals surface area contributed by atoms with E-state index in [4.69, 9.17) is 0 Å². The molecule has 0 aliphatic rings. The lowest BCUT2D eigenvalue weighted by molar-refractivity contribution is 0.685. The van der Waals surface area contributed by atoms with E-state index in [2.05, 4.69) is 68.0 Å². The molecule has 0 saturated heterocycles. The molecule has 0 atom stereocenters. The molecule has 0 fully saturated rings. The first-order valence-electron chi connectivity index (χ1n) is 9.70. The minimum Gasteiger partial charge on any atom is -0.268 e. The zero-order valence-corrected chi connectivity index (χ0v) is 16.9. The Morgan fingerprint density at radius 1 is 1.07 bits per heavy atom. The van der Waals surface area contributed by atoms with Gasteiger partial charge in [-0.25, -0.2) is 0 Å². The number of rotatable bonds is 9. The molecule has 28 heavy (non-hydrogen) atoms. The summed E-state index contributed by atoms with van der Waals surface area (Å²) < 4.78 is 3.87. The SMILES string of the molecule is C=Cc1cc(C(=C)CC)nn1CC(=C)c1cnn(Cc2ccc(CC)cc2)c1. The Morgan fingerprint density at radius 2 is 1.79 bits per heavy atom. The summed E-state index contributed by atoms with van der Waals surface area (Å²) >= 11 is 0. The van der Waals surface area contributed by atoms with E-state index in [-0.39, 0.29) is 0 Å². The number of hydrogen-bond donors (Lipinski definition) is 0. The molecule has 0 saturated carbocycles. The van der Waals surface area contributed by atoms with Gasteiger partial charge in [0.1, 0.15) is 0 Å². The number of hydrogen-bond acceptors (Lipinski definition) is 2. The zero-order valence-electron chi connectivity index (χ0n) is 16.9. The van der Waals surface area contributed by atoms with Crippen LogP contribution in [-0.4, -0.2) is 19.6 Å². The Morgan fingerprint density at radius 3 is 2.43 bits per heavy atom. The Labute approximate surface area is 167 Å². The first kappa shape index (κ1) is 19.6. The summed E-state index contributed by atoms with van der Waals surface area (Å²) in [6.07, 6.45) is 7.65. The molecule has 0 aliphatic carbocycles. The fourth-order valence-electron chi connectivity index (χ4n) is 3.05. The van der Waals surface area contributed by atoms with Crippen LogP contribution in [0.1, 0.15) is 48.3 Å². The van der Waals surface area contributed by atoms with E-state index in [0.29, 0.717) is 6.54 Å². The van der Waals surface area contributed by atoms with Crippen molar-refractivity contribution in [2.24, 2.45) is 0 Å². The minimum absolute atomic E-state index is 0.592. The van der Waals surface area contributed by atoms with Gasteiger partial charge >= 0.3 is 0 Å². The van der Waals surface area contributed by atoms with Gasteiger partial charge in [-0.3, -0.25) is 9.36 Å². The van der Waals surface area contributed by atoms with E-state index in [9.17, 15) is 0 Å². The van der Waals surface area contributed by atoms with E-state index in [1.807, 2.05) is 33.9 Å². The summed E-state index contributed by atoms with van der Waals surface area (Å²) in [5, 5.41) is 9.16. The number of benzene rings is 1. The van der Waals surface area contributed by atoms with Crippen LogP contribution in [0.2, 0.25) is 0 Å². The molecule has 0 N–H and O–H groups in total. The zero-order chi connectivity index (χ0) is 20.1. The van der Waals surface area contributed by atoms with E-state index < -0.39 is 0 Å². The van der Waals surface area contributed by atoms with Crippen LogP contribution in [0.15, 0.2) is 62.5 Å². The monoisotopic (exact) mass is 372 g/mol. The number of aromatic nitrogens is 4. The Kier molecular flexibility index (Phi) is 6.09. The van der Waals surface area contributed by atoms with E-state index in [1.54, 1.807) is 0 Å². The van der Waals surface area contributed by atoms with Crippen molar-refractivity contribution in [2.45, 2.75) is 39.8 Å². The van der Waals surface area contributed by atoms with Gasteiger partial charge in [0.15, 0.2) is 0 Å². The van der Waals surface area contributed by atoms with Crippen LogP contribution in [-0.2, 0) is 19.5 Å². The van der Waals surface area contributed by atoms with Gasteiger partial charge in [0.2, 0.25) is 0 Å². The molecule has 4 nitrogen and oxygen atoms in total. The molecule has 3 rings (SSSR count). The average molecular weight is 373 g/mol. The Balaban J connectivity index is 1.71. The number of nitrogens with zero attached hydrogens (tertiary/aromatic N) is 4. The van der Waals surface area contributed by atoms with Crippen LogP contribution in [0.4, 0.5) is 0 Å². The van der Waals surface area contributed by atoms with Gasteiger partial charge in [0.05, 0.1) is 30.7 Å². The summed E-state index contributed by atoms with van der Waals surface area (Å²) in [4.78, 5) is 0. The van der Waals surface area contributed by atoms with Crippen LogP contribution in [0.5, 0.6) is 0 Å². The molecular weight excluding hydrogens is 344 g/mol. The predicted molar refractivity (Wildman–Crippen MR) is 118 cm³/mol. The molecule has 0 spiro atoms. The molecular formula is C24H28N4. The molecule has 2 heterocycles. The molecule has 144 valence electrons. The van der Waals surface area contributed by atoms with Crippen molar-refractivity contribution in [1.29, 1.82) is 0 Å². The van der Waals surface area contributed by atoms with Crippen molar-refractivity contribution < 1.29 is 0 Å². The second-order valence-corrected chi connectivity index (χ2v) is 6.97. The van der Waals surface area contributed by atoms with Gasteiger partial charge in [-0.2, -0.15) is 10.2 Å². The van der Waals surface area contributed by atoms with Gasteiger partial charge in [-0.15, -0.1) is 0 Å². The summed E-state index contributed by atoms with van der Waals surface area (Å²) in [5.41, 5.74) is 7.47. The first-order chi connectivity index (χ1) is 13.5. The molecule has 0 aliphatic heterocycles. The summed E-state index contributed by atoms with van der Waals surface area (Å²) in [6, 6.07) is 10.7. The van der Waals surface area contributed by atoms with Crippen molar-refractivity contribution >= 4 is 17.2 Å². The topological polar surface area (TPSA) is 35.6 Å². The number of aryl methyl sites for hydroxylation is 1. The average Bonchev–Trinajstić information content (AvgIpc) is 3.35. The lowest BCUT2D eigenvalue weighted by atomic mass is 10.1. The highest BCUT2D eigenvalue weighted by atomic mass is 15.3. The maximum Gasteiger partial charge on any atom is 0.0883 e. The van der Waals surface area contributed by atoms with Crippen molar-refractivity contribution in [3.05, 3.63) is 90.5 Å². The second-order valence-electron chi connectivity index (χ2n) is 6.97. The summed E-state index contributed by atoms with van der Waals surface area (Å²) in [6.45, 7) is 17.8. The molecule has 0 bridgehead atoms. The Hall–Kier alpha value is -3.14. The summed E-state index contributed by atoms with van der Waals surface area (Å²) in [7, 11) is 0. The van der Waals surface area contributed by atoms with Crippen LogP contribution < -0.4 is 0 Å². The minimum atomic E-state index is 0.592. The fourth-order valence-corrected chi connectivity index (χ4v) is 3.05. The van der Waals surface area contributed by atoms with Gasteiger partial charge < -0.3 is 0 Å². The third-order valence-corrected chi connectivity index (χ3v) is 4.97. The van der Waals surface area contributed by atoms with E-state index >= 15 is 0 Å². The molecule has 1 aromatic carbocycles. The third-order valence-electron chi connectivity index (χ3n) is 4.97. The van der Waals surface area contributed by atoms with Crippen molar-refractivity contribution in [3.8, 4) is 0 Å². The second kappa shape index (κ2) is 8.70. The molecule has 3 aromatic rings. The van der Waals surface area contributed by atoms with Crippen molar-refractivity contribution in [3.63, 3.8) is 0 Å². The fraction of sp³-hybridized carbons (Fsp3) is 0.250. The van der Waals surface area contributed by atoms with Gasteiger partial charge in [-0.05, 0) is 47.3 Å². The predicted octanol–water partition coefficient (Wildman–Crippen LogP) is 5.47. The maximum atomic E-state index is 4.67. The maximum absolute atomic E-state index is 4.67. The smallest absolute Gasteiger partial charge is 0.0883 e. The van der Waals surface area contributed by atoms with Gasteiger partial charge in [0.25, 0.3) is 0 Å². The quantitative estimate of drug-likeness (QED) is 0.499. The highest BCUT2D eigenvalue weighted by Crippen LogP contribution is 2.20. The highest BCUT2D eigenvalue weighted by molar-refractivity contribution is 5.65. The Bertz CT molecular complexity index is 986. The molecule has 0 radical (unpaired) electrons. The normalized spacial score (nSPS) is 10.8. The van der Waals surface area contributed by atoms with Crippen LogP contribution in [0.3, 0.4) is 0 Å². The molecule has 4 heteroatoms. The van der Waals surface area contributed by atoms with Crippen molar-refractivity contribution in [1.82, 2.24) is 19.6 Å². The van der Waals surface area contributed by atoms with Gasteiger partial charge in [-0.1, -0.05) is 57.8 Å². The lowest BCUT2D eigenvalue weighted by Gasteiger charge is -2.06. The molecule has 0 unspecified atom stereocenters. The molecule has 2 aromatic heterocycles. The van der Waals surface area contributed by atoms with Crippen LogP contribution in [0, 0.1) is 0 Å².